The van der Waals surface area contributed by atoms with E-state index in [1.807, 2.05) is 6.08 Å². The minimum atomic E-state index is -0.880. The number of hydrogen-bond donors (Lipinski definition) is 3. The van der Waals surface area contributed by atoms with Gasteiger partial charge in [0.2, 0.25) is 5.91 Å². The van der Waals surface area contributed by atoms with Crippen molar-refractivity contribution in [1.82, 2.24) is 5.32 Å². The van der Waals surface area contributed by atoms with Crippen molar-refractivity contribution in [3.63, 3.8) is 0 Å². The van der Waals surface area contributed by atoms with E-state index in [4.69, 9.17) is 0 Å². The minimum absolute atomic E-state index is 0.0859. The number of carbonyl (C=O) groups excluding carboxylic acids is 1. The summed E-state index contributed by atoms with van der Waals surface area (Å²) in [7, 11) is 0. The van der Waals surface area contributed by atoms with Crippen molar-refractivity contribution >= 4 is 5.91 Å². The van der Waals surface area contributed by atoms with E-state index in [-0.39, 0.29) is 12.5 Å². The predicted molar refractivity (Wildman–Crippen MR) is 147 cm³/mol. The van der Waals surface area contributed by atoms with Crippen LogP contribution >= 0.6 is 0 Å². The lowest BCUT2D eigenvalue weighted by Gasteiger charge is -2.19. The van der Waals surface area contributed by atoms with Gasteiger partial charge in [-0.1, -0.05) is 141 Å². The molecular weight excluding hydrogens is 422 g/mol. The molecule has 1 amide bonds. The number of rotatable bonds is 25. The van der Waals surface area contributed by atoms with Gasteiger partial charge in [-0.2, -0.15) is 0 Å². The summed E-state index contributed by atoms with van der Waals surface area (Å²) in [6.45, 7) is 4.22. The summed E-state index contributed by atoms with van der Waals surface area (Å²) >= 11 is 0. The topological polar surface area (TPSA) is 69.6 Å². The maximum Gasteiger partial charge on any atom is 0.220 e. The Hall–Kier alpha value is -1.13. The van der Waals surface area contributed by atoms with Crippen molar-refractivity contribution in [2.24, 2.45) is 0 Å². The van der Waals surface area contributed by atoms with Gasteiger partial charge in [-0.15, -0.1) is 0 Å². The number of nitrogens with one attached hydrogen (secondary N) is 1. The first-order valence-electron chi connectivity index (χ1n) is 14.6. The van der Waals surface area contributed by atoms with Crippen LogP contribution in [0.4, 0.5) is 0 Å². The predicted octanol–water partition coefficient (Wildman–Crippen LogP) is 7.78. The number of aliphatic hydroxyl groups is 2. The van der Waals surface area contributed by atoms with Gasteiger partial charge in [0, 0.05) is 6.42 Å². The molecule has 0 heterocycles. The highest BCUT2D eigenvalue weighted by atomic mass is 16.3. The molecule has 0 aliphatic carbocycles. The fourth-order valence-corrected chi connectivity index (χ4v) is 4.17. The average molecular weight is 480 g/mol. The zero-order valence-corrected chi connectivity index (χ0v) is 22.6. The highest BCUT2D eigenvalue weighted by Crippen LogP contribution is 2.13. The van der Waals surface area contributed by atoms with Gasteiger partial charge < -0.3 is 15.5 Å². The maximum absolute atomic E-state index is 12.2. The van der Waals surface area contributed by atoms with E-state index >= 15 is 0 Å². The van der Waals surface area contributed by atoms with Crippen LogP contribution in [0.5, 0.6) is 0 Å². The van der Waals surface area contributed by atoms with Crippen LogP contribution in [0.25, 0.3) is 0 Å². The number of amides is 1. The third kappa shape index (κ3) is 22.7. The average Bonchev–Trinajstić information content (AvgIpc) is 2.84. The standard InChI is InChI=1S/C30H57NO3/c1-3-5-7-9-11-13-14-15-16-18-20-22-24-26-30(34)31-28(27-32)29(33)25-23-21-19-17-12-10-8-6-4-2/h19,21,23,25,28-29,32-33H,3-18,20,22,24,26-27H2,1-2H3,(H,31,34)/b21-19+,25-23+/t28-,29+/m0/s1. The third-order valence-corrected chi connectivity index (χ3v) is 6.49. The summed E-state index contributed by atoms with van der Waals surface area (Å²) < 4.78 is 0. The van der Waals surface area contributed by atoms with Crippen LogP contribution in [-0.2, 0) is 4.79 Å². The van der Waals surface area contributed by atoms with Crippen LogP contribution in [0.1, 0.15) is 142 Å². The zero-order chi connectivity index (χ0) is 25.1. The molecule has 0 unspecified atom stereocenters. The van der Waals surface area contributed by atoms with Crippen molar-refractivity contribution in [3.05, 3.63) is 24.3 Å². The van der Waals surface area contributed by atoms with E-state index in [0.29, 0.717) is 6.42 Å². The van der Waals surface area contributed by atoms with Gasteiger partial charge in [-0.25, -0.2) is 0 Å². The van der Waals surface area contributed by atoms with E-state index < -0.39 is 12.1 Å². The van der Waals surface area contributed by atoms with Crippen molar-refractivity contribution in [2.75, 3.05) is 6.61 Å². The van der Waals surface area contributed by atoms with Gasteiger partial charge in [-0.3, -0.25) is 4.79 Å². The summed E-state index contributed by atoms with van der Waals surface area (Å²) in [6.07, 6.45) is 31.1. The molecule has 0 spiro atoms. The monoisotopic (exact) mass is 479 g/mol. The largest absolute Gasteiger partial charge is 0.394 e. The SMILES string of the molecule is CCCCCCC/C=C/C=C/[C@@H](O)[C@H](CO)NC(=O)CCCCCCCCCCCCCCC. The molecule has 3 N–H and O–H groups in total. The Morgan fingerprint density at radius 1 is 0.706 bits per heavy atom. The molecule has 4 nitrogen and oxygen atoms in total. The molecule has 4 heteroatoms. The van der Waals surface area contributed by atoms with Crippen LogP contribution in [0.15, 0.2) is 24.3 Å². The van der Waals surface area contributed by atoms with E-state index in [1.54, 1.807) is 12.2 Å². The number of carbonyl (C=O) groups is 1. The van der Waals surface area contributed by atoms with E-state index in [0.717, 1.165) is 19.3 Å². The third-order valence-electron chi connectivity index (χ3n) is 6.49. The molecule has 0 radical (unpaired) electrons. The zero-order valence-electron chi connectivity index (χ0n) is 22.6. The highest BCUT2D eigenvalue weighted by Gasteiger charge is 2.17. The Kier molecular flexibility index (Phi) is 25.6. The number of aliphatic hydroxyl groups excluding tert-OH is 2. The van der Waals surface area contributed by atoms with Gasteiger partial charge in [-0.05, 0) is 19.3 Å². The van der Waals surface area contributed by atoms with Crippen molar-refractivity contribution in [1.29, 1.82) is 0 Å². The van der Waals surface area contributed by atoms with Crippen LogP contribution in [0.2, 0.25) is 0 Å². The van der Waals surface area contributed by atoms with Crippen LogP contribution in [0.3, 0.4) is 0 Å². The van der Waals surface area contributed by atoms with Gasteiger partial charge in [0.15, 0.2) is 0 Å². The summed E-state index contributed by atoms with van der Waals surface area (Å²) in [6, 6.07) is -0.645. The molecule has 0 rings (SSSR count). The number of unbranched alkanes of at least 4 members (excludes halogenated alkanes) is 17. The summed E-state index contributed by atoms with van der Waals surface area (Å²) in [5.41, 5.74) is 0. The molecular formula is C30H57NO3. The van der Waals surface area contributed by atoms with E-state index in [2.05, 4.69) is 25.2 Å². The second kappa shape index (κ2) is 26.5. The summed E-state index contributed by atoms with van der Waals surface area (Å²) in [5.74, 6) is -0.0859. The van der Waals surface area contributed by atoms with Gasteiger partial charge in [0.1, 0.15) is 0 Å². The molecule has 0 aromatic carbocycles. The Morgan fingerprint density at radius 3 is 1.68 bits per heavy atom. The van der Waals surface area contributed by atoms with Gasteiger partial charge in [0.25, 0.3) is 0 Å². The van der Waals surface area contributed by atoms with Crippen LogP contribution in [0, 0.1) is 0 Å². The number of hydrogen-bond acceptors (Lipinski definition) is 3. The molecule has 0 aromatic rings. The van der Waals surface area contributed by atoms with Gasteiger partial charge in [0.05, 0.1) is 18.8 Å². The Balaban J connectivity index is 3.73. The molecule has 0 saturated carbocycles. The molecule has 2 atom stereocenters. The van der Waals surface area contributed by atoms with Crippen molar-refractivity contribution in [3.8, 4) is 0 Å². The van der Waals surface area contributed by atoms with Crippen molar-refractivity contribution in [2.45, 2.75) is 154 Å². The first kappa shape index (κ1) is 32.9. The second-order valence-electron chi connectivity index (χ2n) is 9.86. The molecule has 0 fully saturated rings. The molecule has 0 saturated heterocycles. The van der Waals surface area contributed by atoms with Crippen LogP contribution < -0.4 is 5.32 Å². The first-order valence-corrected chi connectivity index (χ1v) is 14.6. The Bertz CT molecular complexity index is 489. The molecule has 0 bridgehead atoms. The molecule has 34 heavy (non-hydrogen) atoms. The quantitative estimate of drug-likeness (QED) is 0.0924. The highest BCUT2D eigenvalue weighted by molar-refractivity contribution is 5.76. The lowest BCUT2D eigenvalue weighted by Crippen LogP contribution is -2.45. The lowest BCUT2D eigenvalue weighted by atomic mass is 10.0. The Morgan fingerprint density at radius 2 is 1.18 bits per heavy atom. The minimum Gasteiger partial charge on any atom is -0.394 e. The molecule has 0 aliphatic rings. The summed E-state index contributed by atoms with van der Waals surface area (Å²) in [5, 5.41) is 22.6. The molecule has 0 aromatic heterocycles. The van der Waals surface area contributed by atoms with Crippen molar-refractivity contribution < 1.29 is 15.0 Å². The number of allylic oxidation sites excluding steroid dienone is 3. The maximum atomic E-state index is 12.2. The summed E-state index contributed by atoms with van der Waals surface area (Å²) in [4.78, 5) is 12.2. The lowest BCUT2D eigenvalue weighted by molar-refractivity contribution is -0.123. The fraction of sp³-hybridized carbons (Fsp3) is 0.833. The second-order valence-corrected chi connectivity index (χ2v) is 9.86. The smallest absolute Gasteiger partial charge is 0.220 e. The van der Waals surface area contributed by atoms with Crippen LogP contribution in [-0.4, -0.2) is 34.9 Å². The Labute approximate surface area is 211 Å². The normalized spacial score (nSPS) is 13.6. The van der Waals surface area contributed by atoms with Gasteiger partial charge >= 0.3 is 0 Å². The van der Waals surface area contributed by atoms with E-state index in [9.17, 15) is 15.0 Å². The van der Waals surface area contributed by atoms with E-state index in [1.165, 1.54) is 103 Å². The molecule has 200 valence electrons. The first-order chi connectivity index (χ1) is 16.7. The fourth-order valence-electron chi connectivity index (χ4n) is 4.17. The molecule has 0 aliphatic heterocycles.